The average molecular weight is 358 g/mol. The zero-order valence-corrected chi connectivity index (χ0v) is 15.8. The van der Waals surface area contributed by atoms with Crippen molar-refractivity contribution in [3.63, 3.8) is 0 Å². The van der Waals surface area contributed by atoms with Crippen LogP contribution in [0.3, 0.4) is 0 Å². The number of nitrogens with one attached hydrogen (secondary N) is 1. The lowest BCUT2D eigenvalue weighted by Crippen LogP contribution is -2.49. The summed E-state index contributed by atoms with van der Waals surface area (Å²) >= 11 is 0. The fraction of sp³-hybridized carbons (Fsp3) is 0.476. The van der Waals surface area contributed by atoms with Gasteiger partial charge in [0.25, 0.3) is 0 Å². The molecule has 5 heteroatoms. The van der Waals surface area contributed by atoms with Crippen LogP contribution in [-0.4, -0.2) is 29.7 Å². The number of nitrogens with two attached hydrogens (primary N) is 1. The number of hydrogen-bond acceptors (Lipinski definition) is 4. The number of unbranched alkanes of at least 4 members (excludes halogenated alkanes) is 3. The van der Waals surface area contributed by atoms with Gasteiger partial charge in [-0.25, -0.2) is 4.79 Å². The van der Waals surface area contributed by atoms with Gasteiger partial charge in [-0.3, -0.25) is 0 Å². The highest BCUT2D eigenvalue weighted by Gasteiger charge is 2.34. The van der Waals surface area contributed by atoms with E-state index in [9.17, 15) is 4.79 Å². The van der Waals surface area contributed by atoms with Crippen LogP contribution in [0.2, 0.25) is 0 Å². The van der Waals surface area contributed by atoms with E-state index in [1.165, 1.54) is 18.9 Å². The van der Waals surface area contributed by atoms with Crippen molar-refractivity contribution in [2.45, 2.75) is 51.5 Å². The van der Waals surface area contributed by atoms with Crippen LogP contribution in [0.5, 0.6) is 5.75 Å². The number of fused-ring (bicyclic) bond motifs is 1. The molecule has 1 heterocycles. The number of aromatic nitrogens is 1. The van der Waals surface area contributed by atoms with Crippen LogP contribution >= 0.6 is 0 Å². The molecular formula is C21H30N2O3. The molecule has 0 spiro atoms. The van der Waals surface area contributed by atoms with E-state index in [1.54, 1.807) is 6.92 Å². The third-order valence-corrected chi connectivity index (χ3v) is 4.46. The number of benzene rings is 1. The normalized spacial score (nSPS) is 13.3. The van der Waals surface area contributed by atoms with Crippen molar-refractivity contribution in [1.29, 1.82) is 0 Å². The predicted octanol–water partition coefficient (Wildman–Crippen LogP) is 4.12. The van der Waals surface area contributed by atoms with Gasteiger partial charge in [-0.15, -0.1) is 6.58 Å². The summed E-state index contributed by atoms with van der Waals surface area (Å²) in [6, 6.07) is 7.92. The molecule has 142 valence electrons. The lowest BCUT2D eigenvalue weighted by atomic mass is 9.94. The Bertz CT molecular complexity index is 738. The van der Waals surface area contributed by atoms with Crippen molar-refractivity contribution < 1.29 is 14.3 Å². The summed E-state index contributed by atoms with van der Waals surface area (Å²) in [6.45, 7) is 8.59. The zero-order chi connectivity index (χ0) is 19.0. The summed E-state index contributed by atoms with van der Waals surface area (Å²) in [5.41, 5.74) is 6.73. The van der Waals surface area contributed by atoms with Crippen molar-refractivity contribution in [1.82, 2.24) is 4.98 Å². The second-order valence-electron chi connectivity index (χ2n) is 6.53. The molecule has 1 unspecified atom stereocenters. The molecule has 2 aromatic rings. The summed E-state index contributed by atoms with van der Waals surface area (Å²) in [7, 11) is 0. The molecule has 0 aliphatic heterocycles. The summed E-state index contributed by atoms with van der Waals surface area (Å²) < 4.78 is 11.2. The molecule has 0 amide bonds. The number of aromatic amines is 1. The van der Waals surface area contributed by atoms with Gasteiger partial charge in [0.2, 0.25) is 0 Å². The largest absolute Gasteiger partial charge is 0.491 e. The van der Waals surface area contributed by atoms with Crippen molar-refractivity contribution >= 4 is 16.9 Å². The molecule has 0 aliphatic rings. The summed E-state index contributed by atoms with van der Waals surface area (Å²) in [6.07, 6.45) is 6.22. The van der Waals surface area contributed by atoms with Gasteiger partial charge in [0, 0.05) is 17.3 Å². The Morgan fingerprint density at radius 3 is 2.73 bits per heavy atom. The van der Waals surface area contributed by atoms with Gasteiger partial charge < -0.3 is 20.2 Å². The maximum Gasteiger partial charge on any atom is 0.330 e. The molecule has 0 saturated heterocycles. The summed E-state index contributed by atoms with van der Waals surface area (Å²) in [5.74, 6) is 0.278. The quantitative estimate of drug-likeness (QED) is 0.360. The number of hydrogen-bond donors (Lipinski definition) is 2. The number of H-pyrrole nitrogens is 1. The number of carbonyl (C=O) groups excluding carboxylic acids is 1. The first-order valence-corrected chi connectivity index (χ1v) is 9.37. The molecule has 0 aliphatic carbocycles. The molecule has 3 N–H and O–H groups in total. The smallest absolute Gasteiger partial charge is 0.330 e. The lowest BCUT2D eigenvalue weighted by molar-refractivity contribution is -0.147. The summed E-state index contributed by atoms with van der Waals surface area (Å²) in [5, 5.41) is 0.994. The Morgan fingerprint density at radius 2 is 2.04 bits per heavy atom. The van der Waals surface area contributed by atoms with Crippen molar-refractivity contribution in [2.24, 2.45) is 5.73 Å². The van der Waals surface area contributed by atoms with Crippen LogP contribution in [0, 0.1) is 0 Å². The van der Waals surface area contributed by atoms with Gasteiger partial charge >= 0.3 is 5.97 Å². The second-order valence-corrected chi connectivity index (χ2v) is 6.53. The molecule has 1 aromatic heterocycles. The third-order valence-electron chi connectivity index (χ3n) is 4.46. The van der Waals surface area contributed by atoms with Gasteiger partial charge in [-0.2, -0.15) is 0 Å². The van der Waals surface area contributed by atoms with Crippen molar-refractivity contribution in [3.8, 4) is 5.75 Å². The Morgan fingerprint density at radius 1 is 1.27 bits per heavy atom. The lowest BCUT2D eigenvalue weighted by Gasteiger charge is -2.23. The highest BCUT2D eigenvalue weighted by Crippen LogP contribution is 2.32. The minimum Gasteiger partial charge on any atom is -0.491 e. The van der Waals surface area contributed by atoms with Gasteiger partial charge in [-0.1, -0.05) is 44.4 Å². The van der Waals surface area contributed by atoms with Gasteiger partial charge in [-0.05, 0) is 25.5 Å². The van der Waals surface area contributed by atoms with Crippen LogP contribution in [0.25, 0.3) is 10.9 Å². The molecule has 0 bridgehead atoms. The first kappa shape index (κ1) is 20.0. The van der Waals surface area contributed by atoms with E-state index in [0.717, 1.165) is 35.2 Å². The zero-order valence-electron chi connectivity index (χ0n) is 15.8. The maximum absolute atomic E-state index is 12.3. The topological polar surface area (TPSA) is 77.3 Å². The number of para-hydroxylation sites is 1. The predicted molar refractivity (Wildman–Crippen MR) is 105 cm³/mol. The number of esters is 1. The Hall–Kier alpha value is -2.27. The van der Waals surface area contributed by atoms with Crippen LogP contribution in [0.15, 0.2) is 36.9 Å². The van der Waals surface area contributed by atoms with E-state index >= 15 is 0 Å². The first-order chi connectivity index (χ1) is 12.6. The van der Waals surface area contributed by atoms with Crippen LogP contribution in [-0.2, 0) is 16.0 Å². The highest BCUT2D eigenvalue weighted by molar-refractivity contribution is 5.89. The van der Waals surface area contributed by atoms with Crippen LogP contribution in [0.4, 0.5) is 0 Å². The Kier molecular flexibility index (Phi) is 7.27. The first-order valence-electron chi connectivity index (χ1n) is 9.37. The molecule has 0 fully saturated rings. The van der Waals surface area contributed by atoms with E-state index < -0.39 is 11.5 Å². The highest BCUT2D eigenvalue weighted by atomic mass is 16.5. The van der Waals surface area contributed by atoms with Gasteiger partial charge in [0.15, 0.2) is 0 Å². The van der Waals surface area contributed by atoms with Crippen LogP contribution in [0.1, 0.15) is 45.2 Å². The van der Waals surface area contributed by atoms with E-state index in [4.69, 9.17) is 15.2 Å². The molecule has 0 saturated carbocycles. The fourth-order valence-corrected chi connectivity index (χ4v) is 2.95. The van der Waals surface area contributed by atoms with E-state index in [-0.39, 0.29) is 13.0 Å². The summed E-state index contributed by atoms with van der Waals surface area (Å²) in [4.78, 5) is 15.6. The molecule has 5 nitrogen and oxygen atoms in total. The van der Waals surface area contributed by atoms with Gasteiger partial charge in [0.05, 0.1) is 18.9 Å². The molecular weight excluding hydrogens is 328 g/mol. The van der Waals surface area contributed by atoms with Crippen molar-refractivity contribution in [2.75, 3.05) is 13.2 Å². The van der Waals surface area contributed by atoms with E-state index in [0.29, 0.717) is 6.61 Å². The second kappa shape index (κ2) is 9.43. The minimum atomic E-state index is -1.29. The SMILES string of the molecule is C=CC(N)(Cc1[nH]c2ccccc2c1OCCCCCC)C(=O)OCC. The number of carbonyl (C=O) groups is 1. The molecule has 0 radical (unpaired) electrons. The average Bonchev–Trinajstić information content (AvgIpc) is 2.98. The number of rotatable bonds is 11. The molecule has 1 aromatic carbocycles. The maximum atomic E-state index is 12.3. The third kappa shape index (κ3) is 4.67. The molecule has 2 rings (SSSR count). The van der Waals surface area contributed by atoms with Crippen molar-refractivity contribution in [3.05, 3.63) is 42.6 Å². The monoisotopic (exact) mass is 358 g/mol. The van der Waals surface area contributed by atoms with Gasteiger partial charge in [0.1, 0.15) is 11.3 Å². The minimum absolute atomic E-state index is 0.244. The van der Waals surface area contributed by atoms with E-state index in [1.807, 2.05) is 24.3 Å². The molecule has 26 heavy (non-hydrogen) atoms. The standard InChI is InChI=1S/C21H30N2O3/c1-4-7-8-11-14-26-19-16-12-9-10-13-17(16)23-18(19)15-21(22,5-2)20(24)25-6-3/h5,9-10,12-13,23H,2,4,6-8,11,14-15,22H2,1,3H3. The fourth-order valence-electron chi connectivity index (χ4n) is 2.95. The number of ether oxygens (including phenoxy) is 2. The van der Waals surface area contributed by atoms with Crippen LogP contribution < -0.4 is 10.5 Å². The van der Waals surface area contributed by atoms with E-state index in [2.05, 4.69) is 18.5 Å². The Labute approximate surface area is 155 Å². The molecule has 1 atom stereocenters. The Balaban J connectivity index is 2.26.